The molecule has 7 nitrogen and oxygen atoms in total. The SMILES string of the molecule is CCCc1cccc(-c2cncc(NC(=O)c3n[nH]c4ccc(-c5cncc(CN)c5)cc34)c2)c1. The van der Waals surface area contributed by atoms with Gasteiger partial charge in [-0.25, -0.2) is 0 Å². The van der Waals surface area contributed by atoms with Crippen LogP contribution in [0.15, 0.2) is 79.4 Å². The molecule has 5 aromatic rings. The third kappa shape index (κ3) is 4.81. The van der Waals surface area contributed by atoms with Gasteiger partial charge in [0, 0.05) is 41.6 Å². The first-order chi connectivity index (χ1) is 17.1. The van der Waals surface area contributed by atoms with Gasteiger partial charge in [0.2, 0.25) is 0 Å². The second-order valence-corrected chi connectivity index (χ2v) is 8.49. The van der Waals surface area contributed by atoms with Crippen molar-refractivity contribution in [3.63, 3.8) is 0 Å². The molecule has 1 amide bonds. The minimum Gasteiger partial charge on any atom is -0.326 e. The average Bonchev–Trinajstić information content (AvgIpc) is 3.33. The summed E-state index contributed by atoms with van der Waals surface area (Å²) in [7, 11) is 0. The number of carbonyl (C=O) groups is 1. The van der Waals surface area contributed by atoms with Crippen LogP contribution in [-0.4, -0.2) is 26.1 Å². The van der Waals surface area contributed by atoms with Crippen molar-refractivity contribution >= 4 is 22.5 Å². The molecule has 0 aliphatic carbocycles. The van der Waals surface area contributed by atoms with Gasteiger partial charge in [-0.05, 0) is 52.9 Å². The number of pyridine rings is 2. The van der Waals surface area contributed by atoms with Crippen molar-refractivity contribution in [1.29, 1.82) is 0 Å². The van der Waals surface area contributed by atoms with Crippen LogP contribution in [0.4, 0.5) is 5.69 Å². The molecular formula is C28H26N6O. The van der Waals surface area contributed by atoms with Gasteiger partial charge in [-0.15, -0.1) is 0 Å². The molecule has 0 unspecified atom stereocenters. The van der Waals surface area contributed by atoms with E-state index in [2.05, 4.69) is 56.7 Å². The van der Waals surface area contributed by atoms with E-state index < -0.39 is 0 Å². The summed E-state index contributed by atoms with van der Waals surface area (Å²) in [6.07, 6.45) is 9.10. The number of amides is 1. The monoisotopic (exact) mass is 462 g/mol. The Morgan fingerprint density at radius 3 is 2.49 bits per heavy atom. The van der Waals surface area contributed by atoms with Crippen LogP contribution in [0, 0.1) is 0 Å². The minimum absolute atomic E-state index is 0.305. The van der Waals surface area contributed by atoms with E-state index in [1.807, 2.05) is 30.3 Å². The lowest BCUT2D eigenvalue weighted by Crippen LogP contribution is -2.13. The van der Waals surface area contributed by atoms with Gasteiger partial charge in [0.05, 0.1) is 17.4 Å². The first-order valence-corrected chi connectivity index (χ1v) is 11.6. The Hall–Kier alpha value is -4.36. The van der Waals surface area contributed by atoms with Crippen LogP contribution in [0.5, 0.6) is 0 Å². The molecule has 0 saturated heterocycles. The van der Waals surface area contributed by atoms with Crippen molar-refractivity contribution in [3.05, 3.63) is 96.2 Å². The highest BCUT2D eigenvalue weighted by molar-refractivity contribution is 6.11. The fourth-order valence-corrected chi connectivity index (χ4v) is 4.18. The van der Waals surface area contributed by atoms with Gasteiger partial charge in [0.15, 0.2) is 5.69 Å². The van der Waals surface area contributed by atoms with Gasteiger partial charge in [0.1, 0.15) is 0 Å². The number of carbonyl (C=O) groups excluding carboxylic acids is 1. The number of nitrogens with two attached hydrogens (primary N) is 1. The average molecular weight is 463 g/mol. The largest absolute Gasteiger partial charge is 0.326 e. The molecule has 0 fully saturated rings. The van der Waals surface area contributed by atoms with Gasteiger partial charge in [-0.1, -0.05) is 43.7 Å². The summed E-state index contributed by atoms with van der Waals surface area (Å²) < 4.78 is 0. The molecule has 0 saturated carbocycles. The van der Waals surface area contributed by atoms with E-state index in [0.29, 0.717) is 17.9 Å². The third-order valence-corrected chi connectivity index (χ3v) is 5.94. The predicted octanol–water partition coefficient (Wildman–Crippen LogP) is 5.35. The second-order valence-electron chi connectivity index (χ2n) is 8.49. The summed E-state index contributed by atoms with van der Waals surface area (Å²) >= 11 is 0. The van der Waals surface area contributed by atoms with E-state index in [-0.39, 0.29) is 5.91 Å². The number of hydrogen-bond acceptors (Lipinski definition) is 5. The number of rotatable bonds is 7. The molecule has 0 bridgehead atoms. The van der Waals surface area contributed by atoms with E-state index in [4.69, 9.17) is 5.73 Å². The normalized spacial score (nSPS) is 11.0. The first kappa shape index (κ1) is 22.4. The van der Waals surface area contributed by atoms with Crippen molar-refractivity contribution in [2.24, 2.45) is 5.73 Å². The van der Waals surface area contributed by atoms with Crippen molar-refractivity contribution in [2.45, 2.75) is 26.3 Å². The molecule has 0 aliphatic rings. The minimum atomic E-state index is -0.305. The molecule has 174 valence electrons. The number of hydrogen-bond donors (Lipinski definition) is 3. The number of aromatic amines is 1. The Labute approximate surface area is 203 Å². The van der Waals surface area contributed by atoms with E-state index in [1.54, 1.807) is 24.8 Å². The van der Waals surface area contributed by atoms with Crippen molar-refractivity contribution in [3.8, 4) is 22.3 Å². The van der Waals surface area contributed by atoms with Crippen LogP contribution in [0.2, 0.25) is 0 Å². The fourth-order valence-electron chi connectivity index (χ4n) is 4.18. The Bertz CT molecular complexity index is 1510. The topological polar surface area (TPSA) is 110 Å². The summed E-state index contributed by atoms with van der Waals surface area (Å²) in [6.45, 7) is 2.58. The summed E-state index contributed by atoms with van der Waals surface area (Å²) in [5.41, 5.74) is 13.6. The van der Waals surface area contributed by atoms with E-state index in [0.717, 1.165) is 51.6 Å². The molecule has 3 heterocycles. The molecule has 35 heavy (non-hydrogen) atoms. The van der Waals surface area contributed by atoms with Gasteiger partial charge < -0.3 is 11.1 Å². The Balaban J connectivity index is 1.42. The number of nitrogens with zero attached hydrogens (tertiary/aromatic N) is 3. The predicted molar refractivity (Wildman–Crippen MR) is 139 cm³/mol. The molecule has 0 radical (unpaired) electrons. The molecule has 2 aromatic carbocycles. The number of anilines is 1. The summed E-state index contributed by atoms with van der Waals surface area (Å²) in [5.74, 6) is -0.305. The van der Waals surface area contributed by atoms with Gasteiger partial charge in [-0.3, -0.25) is 19.9 Å². The molecule has 0 spiro atoms. The van der Waals surface area contributed by atoms with E-state index in [1.165, 1.54) is 5.56 Å². The smallest absolute Gasteiger partial charge is 0.276 e. The van der Waals surface area contributed by atoms with Crippen LogP contribution in [0.3, 0.4) is 0 Å². The maximum absolute atomic E-state index is 13.2. The second kappa shape index (κ2) is 9.87. The lowest BCUT2D eigenvalue weighted by molar-refractivity contribution is 0.102. The van der Waals surface area contributed by atoms with Crippen LogP contribution < -0.4 is 11.1 Å². The van der Waals surface area contributed by atoms with Crippen LogP contribution in [-0.2, 0) is 13.0 Å². The first-order valence-electron chi connectivity index (χ1n) is 11.6. The molecule has 5 rings (SSSR count). The molecule has 7 heteroatoms. The maximum Gasteiger partial charge on any atom is 0.276 e. The van der Waals surface area contributed by atoms with Crippen LogP contribution in [0.1, 0.15) is 35.0 Å². The van der Waals surface area contributed by atoms with Crippen molar-refractivity contribution in [1.82, 2.24) is 20.2 Å². The number of benzene rings is 2. The number of fused-ring (bicyclic) bond motifs is 1. The molecule has 0 aliphatic heterocycles. The standard InChI is InChI=1S/C28H26N6O/c1-2-4-18-5-3-6-20(9-18)23-11-24(17-31-16-23)32-28(35)27-25-12-21(7-8-26(25)33-34-27)22-10-19(13-29)14-30-15-22/h3,5-12,14-17H,2,4,13,29H2,1H3,(H,32,35)(H,33,34). The maximum atomic E-state index is 13.2. The zero-order valence-corrected chi connectivity index (χ0v) is 19.5. The molecule has 4 N–H and O–H groups in total. The lowest BCUT2D eigenvalue weighted by atomic mass is 10.0. The summed E-state index contributed by atoms with van der Waals surface area (Å²) in [6, 6.07) is 18.2. The van der Waals surface area contributed by atoms with Gasteiger partial charge in [-0.2, -0.15) is 5.10 Å². The van der Waals surface area contributed by atoms with Crippen molar-refractivity contribution in [2.75, 3.05) is 5.32 Å². The van der Waals surface area contributed by atoms with Crippen molar-refractivity contribution < 1.29 is 4.79 Å². The highest BCUT2D eigenvalue weighted by Crippen LogP contribution is 2.27. The number of H-pyrrole nitrogens is 1. The fraction of sp³-hybridized carbons (Fsp3) is 0.143. The number of nitrogens with one attached hydrogen (secondary N) is 2. The van der Waals surface area contributed by atoms with Crippen LogP contribution >= 0.6 is 0 Å². The van der Waals surface area contributed by atoms with E-state index in [9.17, 15) is 4.79 Å². The van der Waals surface area contributed by atoms with E-state index >= 15 is 0 Å². The number of aromatic nitrogens is 4. The number of aryl methyl sites for hydroxylation is 1. The zero-order chi connectivity index (χ0) is 24.2. The highest BCUT2D eigenvalue weighted by atomic mass is 16.1. The van der Waals surface area contributed by atoms with Gasteiger partial charge in [0.25, 0.3) is 5.91 Å². The summed E-state index contributed by atoms with van der Waals surface area (Å²) in [4.78, 5) is 21.8. The Morgan fingerprint density at radius 1 is 0.886 bits per heavy atom. The third-order valence-electron chi connectivity index (χ3n) is 5.94. The van der Waals surface area contributed by atoms with Crippen LogP contribution in [0.25, 0.3) is 33.2 Å². The highest BCUT2D eigenvalue weighted by Gasteiger charge is 2.16. The quantitative estimate of drug-likeness (QED) is 0.302. The Kier molecular flexibility index (Phi) is 6.32. The Morgan fingerprint density at radius 2 is 1.66 bits per heavy atom. The molecule has 3 aromatic heterocycles. The summed E-state index contributed by atoms with van der Waals surface area (Å²) in [5, 5.41) is 10.9. The molecular weight excluding hydrogens is 436 g/mol. The molecule has 0 atom stereocenters. The zero-order valence-electron chi connectivity index (χ0n) is 19.5. The lowest BCUT2D eigenvalue weighted by Gasteiger charge is -2.08. The van der Waals surface area contributed by atoms with Gasteiger partial charge >= 0.3 is 0 Å².